The monoisotopic (exact) mass is 451 g/mol. The number of hydrogen-bond donors (Lipinski definition) is 1. The first-order valence-electron chi connectivity index (χ1n) is 12.1. The number of fused-ring (bicyclic) bond motifs is 1. The molecule has 34 heavy (non-hydrogen) atoms. The maximum absolute atomic E-state index is 13.4. The van der Waals surface area contributed by atoms with Gasteiger partial charge in [0.2, 0.25) is 11.8 Å². The number of nitrogens with one attached hydrogen (secondary N) is 1. The van der Waals surface area contributed by atoms with E-state index in [0.29, 0.717) is 29.7 Å². The summed E-state index contributed by atoms with van der Waals surface area (Å²) in [6.45, 7) is 3.21. The highest BCUT2D eigenvalue weighted by molar-refractivity contribution is 6.27. The summed E-state index contributed by atoms with van der Waals surface area (Å²) in [7, 11) is 0. The fourth-order valence-corrected chi connectivity index (χ4v) is 6.60. The Bertz CT molecular complexity index is 1360. The molecule has 0 spiro atoms. The van der Waals surface area contributed by atoms with Crippen LogP contribution in [0.3, 0.4) is 0 Å². The van der Waals surface area contributed by atoms with Crippen LogP contribution in [0.15, 0.2) is 60.7 Å². The highest BCUT2D eigenvalue weighted by Crippen LogP contribution is 2.60. The molecule has 3 aliphatic heterocycles. The largest absolute Gasteiger partial charge is 0.298 e. The van der Waals surface area contributed by atoms with Gasteiger partial charge in [-0.3, -0.25) is 29.5 Å². The molecule has 7 rings (SSSR count). The van der Waals surface area contributed by atoms with E-state index in [0.717, 1.165) is 36.1 Å². The van der Waals surface area contributed by atoms with Crippen LogP contribution in [0, 0.1) is 11.8 Å². The minimum Gasteiger partial charge on any atom is -0.298 e. The average Bonchev–Trinajstić information content (AvgIpc) is 3.18. The van der Waals surface area contributed by atoms with E-state index in [1.807, 2.05) is 18.2 Å². The lowest BCUT2D eigenvalue weighted by molar-refractivity contribution is -0.134. The predicted molar refractivity (Wildman–Crippen MR) is 128 cm³/mol. The van der Waals surface area contributed by atoms with E-state index in [-0.39, 0.29) is 24.1 Å². The molecule has 3 unspecified atom stereocenters. The van der Waals surface area contributed by atoms with E-state index in [2.05, 4.69) is 52.7 Å². The van der Waals surface area contributed by atoms with Gasteiger partial charge < -0.3 is 0 Å². The summed E-state index contributed by atoms with van der Waals surface area (Å²) < 4.78 is 0. The van der Waals surface area contributed by atoms with Crippen LogP contribution in [0.25, 0.3) is 10.8 Å². The van der Waals surface area contributed by atoms with Gasteiger partial charge in [0.1, 0.15) is 6.04 Å². The van der Waals surface area contributed by atoms with Crippen molar-refractivity contribution in [2.24, 2.45) is 11.8 Å². The first-order valence-corrected chi connectivity index (χ1v) is 12.1. The summed E-state index contributed by atoms with van der Waals surface area (Å²) in [5, 5.41) is 4.49. The Morgan fingerprint density at radius 2 is 1.68 bits per heavy atom. The Hall–Kier alpha value is -3.51. The lowest BCUT2D eigenvalue weighted by Crippen LogP contribution is -2.53. The highest BCUT2D eigenvalue weighted by atomic mass is 16.2. The molecule has 3 heterocycles. The number of amides is 3. The van der Waals surface area contributed by atoms with Crippen LogP contribution >= 0.6 is 0 Å². The SMILES string of the molecule is O=C1CCC(N2C(=O)c3ccc(C4C5CN(Cc6ccccc6)CC54)c4cccc2c34)C(=O)N1. The third kappa shape index (κ3) is 2.88. The summed E-state index contributed by atoms with van der Waals surface area (Å²) in [4.78, 5) is 41.7. The molecule has 1 N–H and O–H groups in total. The standard InChI is InChI=1S/C28H25N3O3/c32-24-12-11-23(27(33)29-24)31-22-8-4-7-17-18(9-10-19(26(17)22)28(31)34)25-20-14-30(15-21(20)25)13-16-5-2-1-3-6-16/h1-10,20-21,23,25H,11-15H2,(H,29,32,33). The zero-order chi connectivity index (χ0) is 23.0. The first kappa shape index (κ1) is 19.9. The number of likely N-dealkylation sites (tertiary alicyclic amines) is 1. The molecule has 6 nitrogen and oxygen atoms in total. The number of piperidine rings is 2. The van der Waals surface area contributed by atoms with Crippen molar-refractivity contribution in [1.29, 1.82) is 0 Å². The van der Waals surface area contributed by atoms with Crippen molar-refractivity contribution in [3.63, 3.8) is 0 Å². The topological polar surface area (TPSA) is 69.7 Å². The number of carbonyl (C=O) groups excluding carboxylic acids is 3. The Labute approximate surface area is 197 Å². The zero-order valence-corrected chi connectivity index (χ0v) is 18.7. The maximum atomic E-state index is 13.4. The quantitative estimate of drug-likeness (QED) is 0.617. The molecule has 2 saturated heterocycles. The summed E-state index contributed by atoms with van der Waals surface area (Å²) in [6, 6.07) is 20.1. The lowest BCUT2D eigenvalue weighted by atomic mass is 9.95. The molecule has 1 aliphatic carbocycles. The van der Waals surface area contributed by atoms with Gasteiger partial charge in [0.05, 0.1) is 5.69 Å². The van der Waals surface area contributed by atoms with Crippen molar-refractivity contribution < 1.29 is 14.4 Å². The van der Waals surface area contributed by atoms with Crippen LogP contribution in [0.1, 0.15) is 40.2 Å². The van der Waals surface area contributed by atoms with Gasteiger partial charge in [-0.2, -0.15) is 0 Å². The van der Waals surface area contributed by atoms with Crippen LogP contribution in [0.2, 0.25) is 0 Å². The summed E-state index contributed by atoms with van der Waals surface area (Å²) in [6.07, 6.45) is 0.611. The fourth-order valence-electron chi connectivity index (χ4n) is 6.60. The van der Waals surface area contributed by atoms with Crippen molar-refractivity contribution in [3.05, 3.63) is 77.4 Å². The molecule has 3 fully saturated rings. The Balaban J connectivity index is 1.18. The van der Waals surface area contributed by atoms with Gasteiger partial charge in [-0.05, 0) is 52.8 Å². The minimum atomic E-state index is -0.640. The van der Waals surface area contributed by atoms with Gasteiger partial charge in [-0.25, -0.2) is 0 Å². The lowest BCUT2D eigenvalue weighted by Gasteiger charge is -2.30. The van der Waals surface area contributed by atoms with Crippen molar-refractivity contribution in [1.82, 2.24) is 10.2 Å². The summed E-state index contributed by atoms with van der Waals surface area (Å²) >= 11 is 0. The maximum Gasteiger partial charge on any atom is 0.259 e. The molecule has 1 saturated carbocycles. The van der Waals surface area contributed by atoms with Gasteiger partial charge in [-0.1, -0.05) is 48.5 Å². The van der Waals surface area contributed by atoms with E-state index in [1.165, 1.54) is 11.1 Å². The second-order valence-electron chi connectivity index (χ2n) is 10.1. The number of rotatable bonds is 4. The van der Waals surface area contributed by atoms with E-state index in [4.69, 9.17) is 0 Å². The van der Waals surface area contributed by atoms with Crippen molar-refractivity contribution >= 4 is 34.2 Å². The van der Waals surface area contributed by atoms with Gasteiger partial charge in [0.15, 0.2) is 0 Å². The molecule has 3 atom stereocenters. The van der Waals surface area contributed by atoms with Gasteiger partial charge in [0.25, 0.3) is 5.91 Å². The van der Waals surface area contributed by atoms with E-state index in [9.17, 15) is 14.4 Å². The number of anilines is 1. The molecule has 0 radical (unpaired) electrons. The Morgan fingerprint density at radius 1 is 0.882 bits per heavy atom. The smallest absolute Gasteiger partial charge is 0.259 e. The minimum absolute atomic E-state index is 0.141. The third-order valence-corrected chi connectivity index (χ3v) is 8.16. The number of benzene rings is 3. The number of nitrogens with zero attached hydrogens (tertiary/aromatic N) is 2. The fraction of sp³-hybridized carbons (Fsp3) is 0.321. The van der Waals surface area contributed by atoms with Gasteiger partial charge in [-0.15, -0.1) is 0 Å². The second kappa shape index (κ2) is 7.24. The van der Waals surface area contributed by atoms with Gasteiger partial charge in [0, 0.05) is 37.0 Å². The molecule has 4 aliphatic rings. The highest BCUT2D eigenvalue weighted by Gasteiger charge is 2.56. The average molecular weight is 452 g/mol. The van der Waals surface area contributed by atoms with E-state index >= 15 is 0 Å². The van der Waals surface area contributed by atoms with Crippen LogP contribution in [0.4, 0.5) is 5.69 Å². The van der Waals surface area contributed by atoms with Crippen molar-refractivity contribution in [3.8, 4) is 0 Å². The second-order valence-corrected chi connectivity index (χ2v) is 10.1. The number of hydrogen-bond acceptors (Lipinski definition) is 4. The summed E-state index contributed by atoms with van der Waals surface area (Å²) in [5.74, 6) is 1.04. The molecule has 6 heteroatoms. The van der Waals surface area contributed by atoms with E-state index in [1.54, 1.807) is 4.90 Å². The molecular weight excluding hydrogens is 426 g/mol. The number of imide groups is 1. The van der Waals surface area contributed by atoms with Crippen LogP contribution in [0.5, 0.6) is 0 Å². The number of carbonyl (C=O) groups is 3. The van der Waals surface area contributed by atoms with Crippen molar-refractivity contribution in [2.45, 2.75) is 31.3 Å². The van der Waals surface area contributed by atoms with Crippen LogP contribution < -0.4 is 10.2 Å². The van der Waals surface area contributed by atoms with Crippen LogP contribution in [-0.4, -0.2) is 41.8 Å². The Kier molecular flexibility index (Phi) is 4.24. The zero-order valence-electron chi connectivity index (χ0n) is 18.7. The van der Waals surface area contributed by atoms with E-state index < -0.39 is 6.04 Å². The molecular formula is C28H25N3O3. The molecule has 170 valence electrons. The molecule has 0 aromatic heterocycles. The molecule has 3 aromatic rings. The normalized spacial score (nSPS) is 27.9. The van der Waals surface area contributed by atoms with Crippen LogP contribution in [-0.2, 0) is 16.1 Å². The molecule has 3 aromatic carbocycles. The molecule has 3 amide bonds. The predicted octanol–water partition coefficient (Wildman–Crippen LogP) is 3.45. The summed E-state index contributed by atoms with van der Waals surface area (Å²) in [5.41, 5.74) is 4.14. The van der Waals surface area contributed by atoms with Gasteiger partial charge >= 0.3 is 0 Å². The first-order chi connectivity index (χ1) is 16.6. The third-order valence-electron chi connectivity index (χ3n) is 8.16. The van der Waals surface area contributed by atoms with Crippen molar-refractivity contribution in [2.75, 3.05) is 18.0 Å². The Morgan fingerprint density at radius 3 is 2.44 bits per heavy atom. The molecule has 0 bridgehead atoms.